The fourth-order valence-corrected chi connectivity index (χ4v) is 5.23. The number of nitrogens with zero attached hydrogens (tertiary/aromatic N) is 2. The lowest BCUT2D eigenvalue weighted by molar-refractivity contribution is 0.726. The highest BCUT2D eigenvalue weighted by molar-refractivity contribution is 6.43. The summed E-state index contributed by atoms with van der Waals surface area (Å²) in [6.45, 7) is 9.02. The largest absolute Gasteiger partial charge is 0.251 e. The van der Waals surface area contributed by atoms with Gasteiger partial charge in [-0.05, 0) is 107 Å². The number of aliphatic imine (C=N–C) groups is 2. The number of hydrogen-bond acceptors (Lipinski definition) is 2. The van der Waals surface area contributed by atoms with E-state index in [-0.39, 0.29) is 0 Å². The zero-order chi connectivity index (χ0) is 30.1. The fourth-order valence-electron chi connectivity index (χ4n) is 5.23. The van der Waals surface area contributed by atoms with E-state index in [0.29, 0.717) is 0 Å². The maximum atomic E-state index is 5.32. The minimum Gasteiger partial charge on any atom is -0.251 e. The normalized spacial score (nSPS) is 12.7. The van der Waals surface area contributed by atoms with Crippen molar-refractivity contribution >= 4 is 22.8 Å². The molecular formula is C40H60N2. The van der Waals surface area contributed by atoms with Crippen molar-refractivity contribution in [2.45, 2.75) is 143 Å². The number of aryl methyl sites for hydroxylation is 2. The average Bonchev–Trinajstić information content (AvgIpc) is 3.02. The van der Waals surface area contributed by atoms with Gasteiger partial charge in [0, 0.05) is 0 Å². The van der Waals surface area contributed by atoms with E-state index in [1.807, 2.05) is 0 Å². The summed E-state index contributed by atoms with van der Waals surface area (Å²) in [5.74, 6) is 0. The lowest BCUT2D eigenvalue weighted by Crippen LogP contribution is -2.13. The molecule has 0 saturated heterocycles. The maximum absolute atomic E-state index is 5.32. The number of rotatable bonds is 23. The third-order valence-corrected chi connectivity index (χ3v) is 7.85. The molecule has 0 aliphatic heterocycles. The molecule has 0 fully saturated rings. The van der Waals surface area contributed by atoms with Crippen molar-refractivity contribution in [3.05, 3.63) is 84.0 Å². The van der Waals surface area contributed by atoms with E-state index >= 15 is 0 Å². The molecule has 42 heavy (non-hydrogen) atoms. The van der Waals surface area contributed by atoms with Crippen LogP contribution < -0.4 is 0 Å². The molecule has 0 aliphatic carbocycles. The topological polar surface area (TPSA) is 24.7 Å². The molecule has 2 aromatic rings. The minimum atomic E-state index is 0.891. The van der Waals surface area contributed by atoms with E-state index in [0.717, 1.165) is 87.0 Å². The first-order chi connectivity index (χ1) is 20.7. The lowest BCUT2D eigenvalue weighted by Gasteiger charge is -2.13. The Balaban J connectivity index is 2.15. The average molecular weight is 569 g/mol. The number of hydrogen-bond donors (Lipinski definition) is 0. The van der Waals surface area contributed by atoms with Crippen LogP contribution in [0.2, 0.25) is 0 Å². The summed E-state index contributed by atoms with van der Waals surface area (Å²) in [5, 5.41) is 0. The van der Waals surface area contributed by atoms with Gasteiger partial charge in [0.25, 0.3) is 0 Å². The van der Waals surface area contributed by atoms with Crippen molar-refractivity contribution < 1.29 is 0 Å². The molecule has 0 N–H and O–H groups in total. The molecule has 0 atom stereocenters. The summed E-state index contributed by atoms with van der Waals surface area (Å²) in [7, 11) is 0. The number of unbranched alkanes of at least 4 members (excludes halogenated alkanes) is 9. The monoisotopic (exact) mass is 568 g/mol. The smallest absolute Gasteiger partial charge is 0.0665 e. The van der Waals surface area contributed by atoms with E-state index < -0.39 is 0 Å². The summed E-state index contributed by atoms with van der Waals surface area (Å²) in [6.07, 6.45) is 30.7. The van der Waals surface area contributed by atoms with E-state index in [1.165, 1.54) is 62.5 Å². The van der Waals surface area contributed by atoms with Crippen LogP contribution in [0, 0.1) is 0 Å². The molecule has 2 nitrogen and oxygen atoms in total. The standard InChI is InChI=1S/C40H60N2/c1-5-9-12-14-16-18-20-22-28-35-30-24-26-33-38(35)41-37(8-4)40(32-11-7-3)42-39-34-27-25-31-36(39)29-23-21-19-17-15-13-10-6-2/h16-19,24-27,30-31,33-34H,5-15,20-23,28-29,32H2,1-4H3/b18-16+,19-17+,41-37?,42-40?. The lowest BCUT2D eigenvalue weighted by atomic mass is 10.0. The van der Waals surface area contributed by atoms with Gasteiger partial charge < -0.3 is 0 Å². The maximum Gasteiger partial charge on any atom is 0.0665 e. The Kier molecular flexibility index (Phi) is 20.1. The molecule has 230 valence electrons. The molecule has 0 spiro atoms. The Morgan fingerprint density at radius 1 is 0.500 bits per heavy atom. The van der Waals surface area contributed by atoms with Crippen molar-refractivity contribution in [3.8, 4) is 0 Å². The molecule has 0 bridgehead atoms. The summed E-state index contributed by atoms with van der Waals surface area (Å²) in [4.78, 5) is 10.6. The third kappa shape index (κ3) is 14.9. The second kappa shape index (κ2) is 23.8. The van der Waals surface area contributed by atoms with Crippen LogP contribution >= 0.6 is 0 Å². The van der Waals surface area contributed by atoms with E-state index in [9.17, 15) is 0 Å². The molecule has 0 aromatic heterocycles. The van der Waals surface area contributed by atoms with E-state index in [2.05, 4.69) is 101 Å². The fraction of sp³-hybridized carbons (Fsp3) is 0.550. The van der Waals surface area contributed by atoms with Gasteiger partial charge in [0.05, 0.1) is 22.8 Å². The van der Waals surface area contributed by atoms with Crippen LogP contribution in [0.3, 0.4) is 0 Å². The quantitative estimate of drug-likeness (QED) is 0.0723. The van der Waals surface area contributed by atoms with Gasteiger partial charge in [0.2, 0.25) is 0 Å². The van der Waals surface area contributed by atoms with Gasteiger partial charge in [-0.15, -0.1) is 0 Å². The minimum absolute atomic E-state index is 0.891. The predicted octanol–water partition coefficient (Wildman–Crippen LogP) is 13.1. The second-order valence-electron chi connectivity index (χ2n) is 11.6. The van der Waals surface area contributed by atoms with Crippen LogP contribution in [0.15, 0.2) is 82.8 Å². The van der Waals surface area contributed by atoms with Gasteiger partial charge in [-0.1, -0.05) is 121 Å². The molecule has 2 rings (SSSR count). The van der Waals surface area contributed by atoms with Gasteiger partial charge >= 0.3 is 0 Å². The Labute approximate surface area is 259 Å². The van der Waals surface area contributed by atoms with Crippen LogP contribution in [-0.2, 0) is 12.8 Å². The third-order valence-electron chi connectivity index (χ3n) is 7.85. The Bertz CT molecular complexity index is 1090. The highest BCUT2D eigenvalue weighted by Gasteiger charge is 2.11. The number of allylic oxidation sites excluding steroid dienone is 4. The summed E-state index contributed by atoms with van der Waals surface area (Å²) in [5.41, 5.74) is 7.23. The SMILES string of the molecule is CCCCC/C=C/CCCc1ccccc1N=C(CC)C(CCCC)=Nc1ccccc1CCC/C=C/CCCCC. The first-order valence-electron chi connectivity index (χ1n) is 17.3. The Hall–Kier alpha value is -2.74. The van der Waals surface area contributed by atoms with Crippen molar-refractivity contribution in [2.24, 2.45) is 9.98 Å². The van der Waals surface area contributed by atoms with Gasteiger partial charge in [0.1, 0.15) is 0 Å². The summed E-state index contributed by atoms with van der Waals surface area (Å²) in [6, 6.07) is 17.5. The number of benzene rings is 2. The Morgan fingerprint density at radius 3 is 1.38 bits per heavy atom. The van der Waals surface area contributed by atoms with Gasteiger partial charge in [-0.25, -0.2) is 0 Å². The molecule has 0 aliphatic rings. The highest BCUT2D eigenvalue weighted by atomic mass is 14.8. The molecule has 2 aromatic carbocycles. The van der Waals surface area contributed by atoms with Gasteiger partial charge in [-0.3, -0.25) is 9.98 Å². The molecule has 0 amide bonds. The first-order valence-corrected chi connectivity index (χ1v) is 17.3. The van der Waals surface area contributed by atoms with Crippen molar-refractivity contribution in [3.63, 3.8) is 0 Å². The van der Waals surface area contributed by atoms with Crippen LogP contribution in [0.25, 0.3) is 0 Å². The molecule has 0 radical (unpaired) electrons. The first kappa shape index (κ1) is 35.5. The molecule has 0 heterocycles. The van der Waals surface area contributed by atoms with E-state index in [1.54, 1.807) is 0 Å². The van der Waals surface area contributed by atoms with Crippen molar-refractivity contribution in [2.75, 3.05) is 0 Å². The van der Waals surface area contributed by atoms with Gasteiger partial charge in [-0.2, -0.15) is 0 Å². The molecular weight excluding hydrogens is 508 g/mol. The molecule has 0 saturated carbocycles. The van der Waals surface area contributed by atoms with Crippen LogP contribution in [0.5, 0.6) is 0 Å². The predicted molar refractivity (Wildman–Crippen MR) is 189 cm³/mol. The van der Waals surface area contributed by atoms with Crippen LogP contribution in [0.4, 0.5) is 11.4 Å². The zero-order valence-electron chi connectivity index (χ0n) is 27.6. The van der Waals surface area contributed by atoms with Crippen molar-refractivity contribution in [1.29, 1.82) is 0 Å². The van der Waals surface area contributed by atoms with Gasteiger partial charge in [0.15, 0.2) is 0 Å². The summed E-state index contributed by atoms with van der Waals surface area (Å²) >= 11 is 0. The Morgan fingerprint density at radius 2 is 0.929 bits per heavy atom. The zero-order valence-corrected chi connectivity index (χ0v) is 27.6. The summed E-state index contributed by atoms with van der Waals surface area (Å²) < 4.78 is 0. The number of para-hydroxylation sites is 2. The molecule has 0 unspecified atom stereocenters. The second-order valence-corrected chi connectivity index (χ2v) is 11.6. The van der Waals surface area contributed by atoms with Crippen LogP contribution in [-0.4, -0.2) is 11.4 Å². The van der Waals surface area contributed by atoms with Crippen molar-refractivity contribution in [1.82, 2.24) is 0 Å². The van der Waals surface area contributed by atoms with Crippen LogP contribution in [0.1, 0.15) is 142 Å². The van der Waals surface area contributed by atoms with E-state index in [4.69, 9.17) is 9.98 Å². The molecule has 2 heteroatoms. The highest BCUT2D eigenvalue weighted by Crippen LogP contribution is 2.25.